The topological polar surface area (TPSA) is 48.1 Å². The zero-order chi connectivity index (χ0) is 29.6. The Morgan fingerprint density at radius 2 is 1.33 bits per heavy atom. The molecule has 0 fully saturated rings. The third kappa shape index (κ3) is 5.65. The first-order valence-corrected chi connectivity index (χ1v) is 16.5. The van der Waals surface area contributed by atoms with Crippen molar-refractivity contribution >= 4 is 39.2 Å². The van der Waals surface area contributed by atoms with Gasteiger partial charge in [-0.05, 0) is 31.9 Å². The van der Waals surface area contributed by atoms with Crippen LogP contribution >= 0.6 is 0 Å². The summed E-state index contributed by atoms with van der Waals surface area (Å²) < 4.78 is 4.65. The predicted octanol–water partition coefficient (Wildman–Crippen LogP) is 8.90. The fraction of sp³-hybridized carbons (Fsp3) is 0.474. The molecule has 4 heteroatoms. The lowest BCUT2D eigenvalue weighted by Crippen LogP contribution is -2.31. The van der Waals surface area contributed by atoms with Crippen LogP contribution in [0, 0.1) is 6.92 Å². The van der Waals surface area contributed by atoms with Crippen molar-refractivity contribution in [3.8, 4) is 0 Å². The van der Waals surface area contributed by atoms with Gasteiger partial charge in [-0.15, -0.1) is 0 Å². The maximum Gasteiger partial charge on any atom is 0.213 e. The smallest absolute Gasteiger partial charge is 0.213 e. The van der Waals surface area contributed by atoms with Gasteiger partial charge in [-0.2, -0.15) is 4.58 Å². The second kappa shape index (κ2) is 13.7. The minimum absolute atomic E-state index is 0.101. The minimum atomic E-state index is -0.101. The third-order valence-corrected chi connectivity index (χ3v) is 9.34. The molecule has 2 aliphatic rings. The number of carbonyl (C=O) groups is 1. The fourth-order valence-corrected chi connectivity index (χ4v) is 7.02. The maximum atomic E-state index is 14.0. The van der Waals surface area contributed by atoms with Gasteiger partial charge in [0, 0.05) is 59.3 Å². The molecule has 222 valence electrons. The lowest BCUT2D eigenvalue weighted by atomic mass is 9.78. The number of para-hydroxylation sites is 2. The summed E-state index contributed by atoms with van der Waals surface area (Å²) in [5.74, 6) is -0.202. The summed E-state index contributed by atoms with van der Waals surface area (Å²) in [5.41, 5.74) is 7.72. The van der Waals surface area contributed by atoms with Gasteiger partial charge in [-0.3, -0.25) is 4.79 Å². The van der Waals surface area contributed by atoms with Gasteiger partial charge in [0.25, 0.3) is 0 Å². The highest BCUT2D eigenvalue weighted by molar-refractivity contribution is 6.46. The summed E-state index contributed by atoms with van der Waals surface area (Å²) in [4.78, 5) is 14.0. The van der Waals surface area contributed by atoms with Crippen molar-refractivity contribution < 1.29 is 14.5 Å². The van der Waals surface area contributed by atoms with Crippen LogP contribution in [0.2, 0.25) is 0 Å². The quantitative estimate of drug-likeness (QED) is 0.105. The van der Waals surface area contributed by atoms with Crippen LogP contribution in [0.3, 0.4) is 0 Å². The van der Waals surface area contributed by atoms with Gasteiger partial charge in [0.1, 0.15) is 6.54 Å². The molecular weight excluding hydrogens is 516 g/mol. The van der Waals surface area contributed by atoms with E-state index in [1.807, 2.05) is 12.1 Å². The Balaban J connectivity index is 1.47. The predicted molar refractivity (Wildman–Crippen MR) is 174 cm³/mol. The number of aryl methyl sites for hydroxylation is 1. The van der Waals surface area contributed by atoms with Crippen LogP contribution < -0.4 is 5.11 Å². The number of benzene rings is 2. The molecule has 0 saturated heterocycles. The Bertz CT molecular complexity index is 1550. The Kier molecular flexibility index (Phi) is 9.82. The first-order valence-electron chi connectivity index (χ1n) is 16.5. The van der Waals surface area contributed by atoms with Crippen molar-refractivity contribution in [3.05, 3.63) is 76.7 Å². The van der Waals surface area contributed by atoms with Gasteiger partial charge < -0.3 is 9.67 Å². The van der Waals surface area contributed by atoms with Gasteiger partial charge in [-0.1, -0.05) is 108 Å². The second-order valence-corrected chi connectivity index (χ2v) is 12.2. The van der Waals surface area contributed by atoms with Crippen LogP contribution in [0.1, 0.15) is 115 Å². The largest absolute Gasteiger partial charge is 0.871 e. The van der Waals surface area contributed by atoms with E-state index in [0.29, 0.717) is 11.1 Å². The molecule has 0 saturated carbocycles. The van der Waals surface area contributed by atoms with E-state index < -0.39 is 0 Å². The van der Waals surface area contributed by atoms with Crippen molar-refractivity contribution in [1.29, 1.82) is 0 Å². The number of hydrogen-bond donors (Lipinski definition) is 0. The molecule has 0 bridgehead atoms. The molecule has 0 radical (unpaired) electrons. The first-order chi connectivity index (χ1) is 20.5. The summed E-state index contributed by atoms with van der Waals surface area (Å²) in [6.07, 6.45) is 14.8. The standard InChI is InChI=1S/C38H48N2O2/c1-5-7-9-11-13-19-25-39-27(3)33(29-21-15-17-23-31(29)39)35-37(41)36(38(35)42)34-28(4)40(26-20-14-12-10-8-6-2)32-24-18-16-22-30(32)34/h15-18,21-24H,5-14,19-20,25-26H2,1-4H3. The summed E-state index contributed by atoms with van der Waals surface area (Å²) in [5, 5.41) is 15.0. The van der Waals surface area contributed by atoms with E-state index in [4.69, 9.17) is 0 Å². The summed E-state index contributed by atoms with van der Waals surface area (Å²) >= 11 is 0. The number of allylic oxidation sites excluding steroid dienone is 3. The normalized spacial score (nSPS) is 16.6. The molecule has 0 unspecified atom stereocenters. The zero-order valence-corrected chi connectivity index (χ0v) is 26.2. The number of nitrogens with zero attached hydrogens (tertiary/aromatic N) is 2. The van der Waals surface area contributed by atoms with Crippen LogP contribution in [-0.4, -0.2) is 27.2 Å². The van der Waals surface area contributed by atoms with Crippen LogP contribution in [-0.2, 0) is 11.3 Å². The molecule has 4 nitrogen and oxygen atoms in total. The highest BCUT2D eigenvalue weighted by Crippen LogP contribution is 2.46. The Morgan fingerprint density at radius 1 is 0.714 bits per heavy atom. The zero-order valence-electron chi connectivity index (χ0n) is 26.2. The Labute approximate surface area is 252 Å². The van der Waals surface area contributed by atoms with Crippen LogP contribution in [0.15, 0.2) is 59.9 Å². The SMILES string of the molecule is CCCCCCCCn1c(C)c(C2=C([O-])C(=C3C(C)=[N+](CCCCCCCC)c4ccccc43)C2=O)c2ccccc21. The molecule has 3 aromatic rings. The molecule has 1 aliphatic heterocycles. The van der Waals surface area contributed by atoms with Gasteiger partial charge in [0.15, 0.2) is 11.5 Å². The third-order valence-electron chi connectivity index (χ3n) is 9.34. The van der Waals surface area contributed by atoms with E-state index >= 15 is 0 Å². The average molecular weight is 565 g/mol. The Hall–Kier alpha value is -3.40. The van der Waals surface area contributed by atoms with Crippen LogP contribution in [0.25, 0.3) is 22.0 Å². The number of aromatic nitrogens is 1. The van der Waals surface area contributed by atoms with Crippen molar-refractivity contribution in [2.24, 2.45) is 0 Å². The Morgan fingerprint density at radius 3 is 2.05 bits per heavy atom. The second-order valence-electron chi connectivity index (χ2n) is 12.2. The average Bonchev–Trinajstić information content (AvgIpc) is 3.43. The highest BCUT2D eigenvalue weighted by atomic mass is 16.3. The van der Waals surface area contributed by atoms with Crippen LogP contribution in [0.4, 0.5) is 5.69 Å². The first kappa shape index (κ1) is 30.1. The molecule has 1 aliphatic carbocycles. The van der Waals surface area contributed by atoms with E-state index in [2.05, 4.69) is 73.2 Å². The summed E-state index contributed by atoms with van der Waals surface area (Å²) in [7, 11) is 0. The monoisotopic (exact) mass is 564 g/mol. The van der Waals surface area contributed by atoms with Crippen molar-refractivity contribution in [3.63, 3.8) is 0 Å². The van der Waals surface area contributed by atoms with Crippen molar-refractivity contribution in [2.45, 2.75) is 111 Å². The molecule has 0 atom stereocenters. The molecule has 42 heavy (non-hydrogen) atoms. The van der Waals surface area contributed by atoms with E-state index in [9.17, 15) is 9.90 Å². The number of ketones is 1. The van der Waals surface area contributed by atoms with Gasteiger partial charge in [0.2, 0.25) is 5.69 Å². The van der Waals surface area contributed by atoms with Crippen molar-refractivity contribution in [1.82, 2.24) is 4.57 Å². The van der Waals surface area contributed by atoms with Gasteiger partial charge in [0.05, 0.1) is 11.1 Å². The van der Waals surface area contributed by atoms with Crippen molar-refractivity contribution in [2.75, 3.05) is 6.54 Å². The molecule has 2 aromatic carbocycles. The van der Waals surface area contributed by atoms with E-state index in [1.54, 1.807) is 0 Å². The lowest BCUT2D eigenvalue weighted by molar-refractivity contribution is -0.438. The molecule has 0 spiro atoms. The van der Waals surface area contributed by atoms with Crippen LogP contribution in [0.5, 0.6) is 0 Å². The molecule has 0 N–H and O–H groups in total. The minimum Gasteiger partial charge on any atom is -0.871 e. The molecule has 2 heterocycles. The van der Waals surface area contributed by atoms with E-state index in [1.165, 1.54) is 64.2 Å². The van der Waals surface area contributed by atoms with E-state index in [-0.39, 0.29) is 11.5 Å². The number of unbranched alkanes of at least 4 members (excludes halogenated alkanes) is 10. The number of hydrogen-bond acceptors (Lipinski definition) is 2. The number of Topliss-reactive ketones (excluding diaryl/α,β-unsaturated/α-hetero) is 1. The van der Waals surface area contributed by atoms with Gasteiger partial charge in [-0.25, -0.2) is 0 Å². The highest BCUT2D eigenvalue weighted by Gasteiger charge is 2.41. The summed E-state index contributed by atoms with van der Waals surface area (Å²) in [6.45, 7) is 10.5. The maximum absolute atomic E-state index is 14.0. The number of fused-ring (bicyclic) bond motifs is 2. The number of rotatable bonds is 15. The molecule has 1 aromatic heterocycles. The summed E-state index contributed by atoms with van der Waals surface area (Å²) in [6, 6.07) is 16.5. The number of carbonyl (C=O) groups excluding carboxylic acids is 1. The molecule has 5 rings (SSSR count). The fourth-order valence-electron chi connectivity index (χ4n) is 7.02. The lowest BCUT2D eigenvalue weighted by Gasteiger charge is -2.32. The van der Waals surface area contributed by atoms with E-state index in [0.717, 1.165) is 70.6 Å². The molecule has 0 amide bonds. The molecular formula is C38H48N2O2. The van der Waals surface area contributed by atoms with Gasteiger partial charge >= 0.3 is 0 Å².